The lowest BCUT2D eigenvalue weighted by Gasteiger charge is -2.26. The molecule has 1 aliphatic rings. The van der Waals surface area contributed by atoms with Crippen LogP contribution in [0.15, 0.2) is 64.9 Å². The molecule has 1 N–H and O–H groups in total. The van der Waals surface area contributed by atoms with Crippen LogP contribution in [0.5, 0.6) is 0 Å². The van der Waals surface area contributed by atoms with Gasteiger partial charge in [-0.2, -0.15) is 0 Å². The SMILES string of the molecule is CN(c1ccccc1)S(=O)(=O)c1cccc(N2C(=O)Cc3csc(C(=O)O)c3C2=O)c1. The minimum Gasteiger partial charge on any atom is -0.477 e. The van der Waals surface area contributed by atoms with Crippen LogP contribution in [0, 0.1) is 0 Å². The summed E-state index contributed by atoms with van der Waals surface area (Å²) in [5.41, 5.74) is 0.839. The topological polar surface area (TPSA) is 112 Å². The number of thiophene rings is 1. The van der Waals surface area contributed by atoms with Gasteiger partial charge in [-0.25, -0.2) is 18.1 Å². The van der Waals surface area contributed by atoms with Crippen molar-refractivity contribution < 1.29 is 27.9 Å². The Labute approximate surface area is 182 Å². The molecule has 0 saturated heterocycles. The molecule has 8 nitrogen and oxygen atoms in total. The number of amides is 2. The number of fused-ring (bicyclic) bond motifs is 1. The van der Waals surface area contributed by atoms with Gasteiger partial charge in [-0.15, -0.1) is 11.3 Å². The number of carbonyl (C=O) groups is 3. The van der Waals surface area contributed by atoms with E-state index in [1.54, 1.807) is 30.3 Å². The van der Waals surface area contributed by atoms with Crippen molar-refractivity contribution in [1.82, 2.24) is 0 Å². The van der Waals surface area contributed by atoms with E-state index in [0.29, 0.717) is 11.3 Å². The van der Waals surface area contributed by atoms with Crippen molar-refractivity contribution >= 4 is 50.5 Å². The minimum absolute atomic E-state index is 0.0354. The summed E-state index contributed by atoms with van der Waals surface area (Å²) < 4.78 is 27.3. The maximum absolute atomic E-state index is 13.1. The van der Waals surface area contributed by atoms with Gasteiger partial charge in [-0.3, -0.25) is 13.9 Å². The molecule has 0 fully saturated rings. The van der Waals surface area contributed by atoms with Gasteiger partial charge < -0.3 is 5.11 Å². The van der Waals surface area contributed by atoms with Crippen LogP contribution in [0.1, 0.15) is 25.6 Å². The molecule has 1 aromatic heterocycles. The summed E-state index contributed by atoms with van der Waals surface area (Å²) in [5, 5.41) is 10.8. The van der Waals surface area contributed by atoms with Crippen LogP contribution >= 0.6 is 11.3 Å². The highest BCUT2D eigenvalue weighted by molar-refractivity contribution is 7.92. The van der Waals surface area contributed by atoms with Crippen LogP contribution in [0.4, 0.5) is 11.4 Å². The van der Waals surface area contributed by atoms with Crippen molar-refractivity contribution in [2.75, 3.05) is 16.3 Å². The number of carboxylic acids is 1. The zero-order valence-corrected chi connectivity index (χ0v) is 17.8. The smallest absolute Gasteiger partial charge is 0.346 e. The molecule has 1 aliphatic heterocycles. The van der Waals surface area contributed by atoms with E-state index in [9.17, 15) is 27.9 Å². The van der Waals surface area contributed by atoms with E-state index in [4.69, 9.17) is 0 Å². The second-order valence-electron chi connectivity index (χ2n) is 6.79. The first-order chi connectivity index (χ1) is 14.7. The fraction of sp³-hybridized carbons (Fsp3) is 0.0952. The van der Waals surface area contributed by atoms with Gasteiger partial charge in [0.05, 0.1) is 28.3 Å². The Balaban J connectivity index is 1.75. The van der Waals surface area contributed by atoms with E-state index in [1.165, 1.54) is 36.7 Å². The number of hydrogen-bond acceptors (Lipinski definition) is 6. The zero-order chi connectivity index (χ0) is 22.3. The number of sulfonamides is 1. The first-order valence-electron chi connectivity index (χ1n) is 9.07. The van der Waals surface area contributed by atoms with Crippen molar-refractivity contribution in [2.24, 2.45) is 0 Å². The second kappa shape index (κ2) is 7.64. The standard InChI is InChI=1S/C21H16N2O6S2/c1-22(14-6-3-2-4-7-14)31(28,29)16-9-5-8-15(11-16)23-17(24)10-13-12-30-19(21(26)27)18(13)20(23)25/h2-9,11-12H,10H2,1H3,(H,26,27). The van der Waals surface area contributed by atoms with E-state index in [-0.39, 0.29) is 27.4 Å². The number of rotatable bonds is 5. The number of carboxylic acid groups (broad SMARTS) is 1. The van der Waals surface area contributed by atoms with Gasteiger partial charge in [0, 0.05) is 7.05 Å². The van der Waals surface area contributed by atoms with Crippen LogP contribution in [0.2, 0.25) is 0 Å². The summed E-state index contributed by atoms with van der Waals surface area (Å²) >= 11 is 0.884. The summed E-state index contributed by atoms with van der Waals surface area (Å²) in [6.07, 6.45) is -0.147. The third kappa shape index (κ3) is 3.49. The molecule has 2 heterocycles. The van der Waals surface area contributed by atoms with Gasteiger partial charge in [0.2, 0.25) is 5.91 Å². The summed E-state index contributed by atoms with van der Waals surface area (Å²) in [5.74, 6) is -2.59. The second-order valence-corrected chi connectivity index (χ2v) is 9.64. The molecule has 0 bridgehead atoms. The number of para-hydroxylation sites is 1. The van der Waals surface area contributed by atoms with E-state index >= 15 is 0 Å². The molecule has 31 heavy (non-hydrogen) atoms. The van der Waals surface area contributed by atoms with E-state index in [0.717, 1.165) is 20.5 Å². The van der Waals surface area contributed by atoms with Gasteiger partial charge >= 0.3 is 5.97 Å². The highest BCUT2D eigenvalue weighted by Gasteiger charge is 2.37. The van der Waals surface area contributed by atoms with Gasteiger partial charge in [0.25, 0.3) is 15.9 Å². The van der Waals surface area contributed by atoms with Gasteiger partial charge in [-0.1, -0.05) is 24.3 Å². The Morgan fingerprint density at radius 2 is 1.81 bits per heavy atom. The average molecular weight is 457 g/mol. The Morgan fingerprint density at radius 1 is 1.10 bits per heavy atom. The lowest BCUT2D eigenvalue weighted by atomic mass is 10.0. The molecule has 10 heteroatoms. The van der Waals surface area contributed by atoms with Crippen LogP contribution in [0.3, 0.4) is 0 Å². The lowest BCUT2D eigenvalue weighted by Crippen LogP contribution is -2.42. The predicted octanol–water partition coefficient (Wildman–Crippen LogP) is 3.00. The molecule has 0 aliphatic carbocycles. The number of benzene rings is 2. The zero-order valence-electron chi connectivity index (χ0n) is 16.2. The molecule has 3 aromatic rings. The quantitative estimate of drug-likeness (QED) is 0.591. The monoisotopic (exact) mass is 456 g/mol. The van der Waals surface area contributed by atoms with Crippen LogP contribution in [-0.4, -0.2) is 38.4 Å². The molecule has 2 aromatic carbocycles. The normalized spacial score (nSPS) is 13.8. The van der Waals surface area contributed by atoms with Crippen LogP contribution in [0.25, 0.3) is 0 Å². The van der Waals surface area contributed by atoms with Crippen molar-refractivity contribution in [2.45, 2.75) is 11.3 Å². The number of nitrogens with zero attached hydrogens (tertiary/aromatic N) is 2. The van der Waals surface area contributed by atoms with Crippen LogP contribution < -0.4 is 9.21 Å². The van der Waals surface area contributed by atoms with Crippen LogP contribution in [-0.2, 0) is 21.2 Å². The number of anilines is 2. The number of hydrogen-bond donors (Lipinski definition) is 1. The summed E-state index contributed by atoms with van der Waals surface area (Å²) in [6.45, 7) is 0. The molecular weight excluding hydrogens is 440 g/mol. The van der Waals surface area contributed by atoms with E-state index < -0.39 is 27.8 Å². The highest BCUT2D eigenvalue weighted by Crippen LogP contribution is 2.33. The summed E-state index contributed by atoms with van der Waals surface area (Å²) in [7, 11) is -2.56. The molecule has 0 radical (unpaired) electrons. The van der Waals surface area contributed by atoms with E-state index in [1.807, 2.05) is 0 Å². The number of carbonyl (C=O) groups excluding carboxylic acids is 2. The maximum Gasteiger partial charge on any atom is 0.346 e. The number of aromatic carboxylic acids is 1. The van der Waals surface area contributed by atoms with Crippen molar-refractivity contribution in [1.29, 1.82) is 0 Å². The fourth-order valence-corrected chi connectivity index (χ4v) is 5.50. The van der Waals surface area contributed by atoms with Crippen molar-refractivity contribution in [3.8, 4) is 0 Å². The van der Waals surface area contributed by atoms with Crippen molar-refractivity contribution in [3.63, 3.8) is 0 Å². The third-order valence-corrected chi connectivity index (χ3v) is 7.72. The number of imide groups is 1. The van der Waals surface area contributed by atoms with Gasteiger partial charge in [0.1, 0.15) is 4.88 Å². The molecule has 4 rings (SSSR count). The fourth-order valence-electron chi connectivity index (χ4n) is 3.36. The molecule has 0 spiro atoms. The first kappa shape index (κ1) is 20.8. The molecule has 0 atom stereocenters. The highest BCUT2D eigenvalue weighted by atomic mass is 32.2. The minimum atomic E-state index is -3.97. The molecule has 2 amide bonds. The average Bonchev–Trinajstić information content (AvgIpc) is 3.18. The Bertz CT molecular complexity index is 1310. The predicted molar refractivity (Wildman–Crippen MR) is 115 cm³/mol. The lowest BCUT2D eigenvalue weighted by molar-refractivity contribution is -0.117. The Hall–Kier alpha value is -3.50. The molecule has 0 saturated carbocycles. The molecule has 0 unspecified atom stereocenters. The molecule has 158 valence electrons. The van der Waals surface area contributed by atoms with Gasteiger partial charge in [0.15, 0.2) is 0 Å². The van der Waals surface area contributed by atoms with E-state index in [2.05, 4.69) is 0 Å². The maximum atomic E-state index is 13.1. The first-order valence-corrected chi connectivity index (χ1v) is 11.4. The van der Waals surface area contributed by atoms with Crippen molar-refractivity contribution in [3.05, 3.63) is 76.0 Å². The van der Waals surface area contributed by atoms with Gasteiger partial charge in [-0.05, 0) is 41.3 Å². The Kier molecular flexibility index (Phi) is 5.11. The Morgan fingerprint density at radius 3 is 2.48 bits per heavy atom. The summed E-state index contributed by atoms with van der Waals surface area (Å²) in [4.78, 5) is 37.7. The summed E-state index contributed by atoms with van der Waals surface area (Å²) in [6, 6.07) is 14.0. The molecular formula is C21H16N2O6S2. The third-order valence-electron chi connectivity index (χ3n) is 4.92. The largest absolute Gasteiger partial charge is 0.477 e.